The summed E-state index contributed by atoms with van der Waals surface area (Å²) in [6.45, 7) is 14.0. The fourth-order valence-electron chi connectivity index (χ4n) is 6.12. The van der Waals surface area contributed by atoms with Crippen molar-refractivity contribution in [1.29, 1.82) is 0 Å². The first-order valence-electron chi connectivity index (χ1n) is 15.1. The monoisotopic (exact) mass is 650 g/mol. The fourth-order valence-corrected chi connectivity index (χ4v) is 6.37. The molecule has 9 nitrogen and oxygen atoms in total. The van der Waals surface area contributed by atoms with Crippen LogP contribution in [0, 0.1) is 0 Å². The van der Waals surface area contributed by atoms with Gasteiger partial charge in [-0.1, -0.05) is 68.2 Å². The number of benzene rings is 2. The lowest BCUT2D eigenvalue weighted by Gasteiger charge is -2.47. The number of primary amides is 1. The van der Waals surface area contributed by atoms with E-state index in [4.69, 9.17) is 43.6 Å². The van der Waals surface area contributed by atoms with Gasteiger partial charge in [0.1, 0.15) is 22.7 Å². The number of amidine groups is 1. The van der Waals surface area contributed by atoms with E-state index in [1.807, 2.05) is 75.4 Å². The quantitative estimate of drug-likeness (QED) is 0.328. The predicted molar refractivity (Wildman–Crippen MR) is 178 cm³/mol. The first-order valence-corrected chi connectivity index (χ1v) is 15.9. The molecule has 2 N–H and O–H groups in total. The van der Waals surface area contributed by atoms with Crippen LogP contribution in [0.2, 0.25) is 10.0 Å². The number of carbonyl (C=O) groups is 2. The molecule has 4 amide bonds. The summed E-state index contributed by atoms with van der Waals surface area (Å²) in [5.41, 5.74) is 6.45. The second-order valence-electron chi connectivity index (χ2n) is 12.8. The number of urea groups is 2. The molecule has 5 rings (SSSR count). The number of amides is 4. The fraction of sp³-hybridized carbons (Fsp3) is 0.412. The van der Waals surface area contributed by atoms with Crippen LogP contribution < -0.4 is 10.5 Å². The highest BCUT2D eigenvalue weighted by Crippen LogP contribution is 2.54. The van der Waals surface area contributed by atoms with Gasteiger partial charge in [0.2, 0.25) is 0 Å². The van der Waals surface area contributed by atoms with E-state index in [0.717, 1.165) is 16.8 Å². The molecule has 11 heteroatoms. The number of hydrogen-bond acceptors (Lipinski definition) is 5. The molecule has 3 heterocycles. The van der Waals surface area contributed by atoms with Crippen molar-refractivity contribution in [3.63, 3.8) is 0 Å². The van der Waals surface area contributed by atoms with Gasteiger partial charge in [0, 0.05) is 59.6 Å². The summed E-state index contributed by atoms with van der Waals surface area (Å²) in [6, 6.07) is 16.3. The number of nitrogens with two attached hydrogens (primary N) is 1. The van der Waals surface area contributed by atoms with Crippen molar-refractivity contribution in [2.45, 2.75) is 58.0 Å². The first-order chi connectivity index (χ1) is 21.2. The van der Waals surface area contributed by atoms with Crippen LogP contribution in [-0.2, 0) is 16.5 Å². The molecule has 1 fully saturated rings. The first kappa shape index (κ1) is 32.6. The Bertz CT molecular complexity index is 1610. The van der Waals surface area contributed by atoms with Crippen molar-refractivity contribution < 1.29 is 14.3 Å². The third-order valence-electron chi connectivity index (χ3n) is 8.98. The van der Waals surface area contributed by atoms with Crippen LogP contribution in [0.4, 0.5) is 9.59 Å². The highest BCUT2D eigenvalue weighted by atomic mass is 35.5. The maximum Gasteiger partial charge on any atom is 0.326 e. The van der Waals surface area contributed by atoms with Crippen LogP contribution >= 0.6 is 23.2 Å². The minimum Gasteiger partial charge on any atom is -0.493 e. The Labute approximate surface area is 275 Å². The lowest BCUT2D eigenvalue weighted by molar-refractivity contribution is 0.0922. The number of piperazine rings is 1. The van der Waals surface area contributed by atoms with E-state index in [2.05, 4.69) is 20.8 Å². The maximum atomic E-state index is 14.9. The predicted octanol–water partition coefficient (Wildman–Crippen LogP) is 6.79. The number of aromatic nitrogens is 1. The molecule has 238 valence electrons. The normalized spacial score (nSPS) is 22.0. The van der Waals surface area contributed by atoms with Crippen LogP contribution in [0.3, 0.4) is 0 Å². The maximum absolute atomic E-state index is 14.9. The summed E-state index contributed by atoms with van der Waals surface area (Å²) in [4.78, 5) is 42.1. The van der Waals surface area contributed by atoms with E-state index in [-0.39, 0.29) is 11.4 Å². The number of rotatable bonds is 5. The Morgan fingerprint density at radius 2 is 1.44 bits per heavy atom. The molecule has 0 unspecified atom stereocenters. The van der Waals surface area contributed by atoms with E-state index in [9.17, 15) is 9.59 Å². The SMILES string of the molecule is CCOc1cc(C(C)(C)C)ncc1C1=N[C@@](C)(c2ccc(Cl)cc2)[C@@](C)(c2ccc(Cl)cc2)N1C(=O)N1CCN(C(N)=O)CC1. The molecule has 1 saturated heterocycles. The smallest absolute Gasteiger partial charge is 0.326 e. The molecule has 0 radical (unpaired) electrons. The Kier molecular flexibility index (Phi) is 8.81. The van der Waals surface area contributed by atoms with Gasteiger partial charge in [-0.2, -0.15) is 0 Å². The lowest BCUT2D eigenvalue weighted by Crippen LogP contribution is -2.61. The number of pyridine rings is 1. The molecule has 0 aliphatic carbocycles. The number of halogens is 2. The van der Waals surface area contributed by atoms with Gasteiger partial charge in [-0.3, -0.25) is 14.9 Å². The summed E-state index contributed by atoms with van der Waals surface area (Å²) in [5.74, 6) is 1.02. The molecule has 3 aromatic rings. The van der Waals surface area contributed by atoms with Crippen LogP contribution in [0.15, 0.2) is 65.8 Å². The van der Waals surface area contributed by atoms with Crippen LogP contribution in [-0.4, -0.2) is 70.4 Å². The van der Waals surface area contributed by atoms with Crippen LogP contribution in [0.1, 0.15) is 63.9 Å². The largest absolute Gasteiger partial charge is 0.493 e. The molecular weight excluding hydrogens is 611 g/mol. The molecule has 0 saturated carbocycles. The average Bonchev–Trinajstić information content (AvgIpc) is 3.25. The van der Waals surface area contributed by atoms with Crippen LogP contribution in [0.5, 0.6) is 5.75 Å². The molecule has 2 aliphatic heterocycles. The number of carbonyl (C=O) groups excluding carboxylic acids is 2. The second kappa shape index (κ2) is 12.2. The molecule has 0 bridgehead atoms. The van der Waals surface area contributed by atoms with Crippen molar-refractivity contribution in [3.05, 3.63) is 93.2 Å². The second-order valence-corrected chi connectivity index (χ2v) is 13.6. The molecular formula is C34H40Cl2N6O3. The zero-order valence-corrected chi connectivity index (χ0v) is 28.1. The number of aliphatic imine (C=N–C) groups is 1. The highest BCUT2D eigenvalue weighted by molar-refractivity contribution is 6.30. The van der Waals surface area contributed by atoms with Crippen molar-refractivity contribution in [2.24, 2.45) is 10.7 Å². The zero-order valence-electron chi connectivity index (χ0n) is 26.6. The van der Waals surface area contributed by atoms with Gasteiger partial charge < -0.3 is 20.3 Å². The minimum absolute atomic E-state index is 0.229. The topological polar surface area (TPSA) is 104 Å². The summed E-state index contributed by atoms with van der Waals surface area (Å²) in [7, 11) is 0. The zero-order chi connectivity index (χ0) is 32.7. The van der Waals surface area contributed by atoms with Crippen LogP contribution in [0.25, 0.3) is 0 Å². The number of ether oxygens (including phenoxy) is 1. The number of hydrogen-bond donors (Lipinski definition) is 1. The lowest BCUT2D eigenvalue weighted by atomic mass is 9.71. The van der Waals surface area contributed by atoms with Crippen molar-refractivity contribution in [1.82, 2.24) is 19.7 Å². The van der Waals surface area contributed by atoms with E-state index in [1.165, 1.54) is 0 Å². The third-order valence-corrected chi connectivity index (χ3v) is 9.48. The Balaban J connectivity index is 1.76. The minimum atomic E-state index is -1.05. The third kappa shape index (κ3) is 5.84. The van der Waals surface area contributed by atoms with Gasteiger partial charge >= 0.3 is 12.1 Å². The summed E-state index contributed by atoms with van der Waals surface area (Å²) in [6.07, 6.45) is 1.76. The van der Waals surface area contributed by atoms with E-state index in [0.29, 0.717) is 60.0 Å². The summed E-state index contributed by atoms with van der Waals surface area (Å²) >= 11 is 12.7. The van der Waals surface area contributed by atoms with Gasteiger partial charge in [-0.15, -0.1) is 0 Å². The molecule has 2 aliphatic rings. The average molecular weight is 652 g/mol. The number of nitrogens with zero attached hydrogens (tertiary/aromatic N) is 5. The Morgan fingerprint density at radius 3 is 1.96 bits per heavy atom. The molecule has 1 aromatic heterocycles. The van der Waals surface area contributed by atoms with Gasteiger partial charge in [0.15, 0.2) is 0 Å². The van der Waals surface area contributed by atoms with Gasteiger partial charge in [0.25, 0.3) is 0 Å². The van der Waals surface area contributed by atoms with Crippen molar-refractivity contribution in [2.75, 3.05) is 32.8 Å². The van der Waals surface area contributed by atoms with E-state index >= 15 is 0 Å². The van der Waals surface area contributed by atoms with E-state index < -0.39 is 17.1 Å². The molecule has 2 aromatic carbocycles. The molecule has 45 heavy (non-hydrogen) atoms. The summed E-state index contributed by atoms with van der Waals surface area (Å²) in [5, 5.41) is 1.18. The highest BCUT2D eigenvalue weighted by Gasteiger charge is 2.60. The molecule has 2 atom stereocenters. The standard InChI is InChI=1S/C34H40Cl2N6O3/c1-7-45-27-20-28(32(2,3)4)38-21-26(27)29-39-33(5,22-8-12-24(35)13-9-22)34(6,23-10-14-25(36)15-11-23)42(29)31(44)41-18-16-40(17-19-41)30(37)43/h8-15,20-21H,7,16-19H2,1-6H3,(H2,37,43)/t33-,34+/m0/s1. The molecule has 0 spiro atoms. The Hall–Kier alpha value is -3.82. The van der Waals surface area contributed by atoms with Gasteiger partial charge in [0.05, 0.1) is 12.2 Å². The Morgan fingerprint density at radius 1 is 0.911 bits per heavy atom. The summed E-state index contributed by atoms with van der Waals surface area (Å²) < 4.78 is 6.21. The van der Waals surface area contributed by atoms with E-state index in [1.54, 1.807) is 20.9 Å². The van der Waals surface area contributed by atoms with Crippen molar-refractivity contribution >= 4 is 41.1 Å². The van der Waals surface area contributed by atoms with Gasteiger partial charge in [-0.05, 0) is 56.2 Å². The van der Waals surface area contributed by atoms with Crippen molar-refractivity contribution in [3.8, 4) is 5.75 Å². The van der Waals surface area contributed by atoms with Gasteiger partial charge in [-0.25, -0.2) is 9.59 Å².